The smallest absolute Gasteiger partial charge is 0.0429 e. The minimum absolute atomic E-state index is 0.899. The van der Waals surface area contributed by atoms with E-state index in [2.05, 4.69) is 88.5 Å². The molecule has 2 nitrogen and oxygen atoms in total. The van der Waals surface area contributed by atoms with Crippen molar-refractivity contribution in [1.82, 2.24) is 5.32 Å². The molecule has 2 aromatic rings. The van der Waals surface area contributed by atoms with Crippen molar-refractivity contribution >= 4 is 21.6 Å². The van der Waals surface area contributed by atoms with E-state index in [0.717, 1.165) is 30.7 Å². The molecule has 0 aliphatic rings. The van der Waals surface area contributed by atoms with Crippen molar-refractivity contribution < 1.29 is 0 Å². The van der Waals surface area contributed by atoms with Gasteiger partial charge in [-0.05, 0) is 42.8 Å². The lowest BCUT2D eigenvalue weighted by Gasteiger charge is -2.26. The monoisotopic (exact) mass is 346 g/mol. The van der Waals surface area contributed by atoms with Gasteiger partial charge in [-0.3, -0.25) is 0 Å². The second-order valence-corrected chi connectivity index (χ2v) is 5.97. The fourth-order valence-corrected chi connectivity index (χ4v) is 2.84. The Balaban J connectivity index is 2.24. The number of benzene rings is 2. The average Bonchev–Trinajstić information content (AvgIpc) is 2.52. The summed E-state index contributed by atoms with van der Waals surface area (Å²) in [7, 11) is 0. The molecule has 21 heavy (non-hydrogen) atoms. The van der Waals surface area contributed by atoms with Gasteiger partial charge in [-0.25, -0.2) is 0 Å². The Morgan fingerprint density at radius 2 is 1.81 bits per heavy atom. The summed E-state index contributed by atoms with van der Waals surface area (Å²) in [6, 6.07) is 17.2. The van der Waals surface area contributed by atoms with Gasteiger partial charge in [0.15, 0.2) is 0 Å². The quantitative estimate of drug-likeness (QED) is 0.788. The normalized spacial score (nSPS) is 10.6. The zero-order valence-electron chi connectivity index (χ0n) is 12.8. The molecule has 0 unspecified atom stereocenters. The van der Waals surface area contributed by atoms with Gasteiger partial charge in [-0.15, -0.1) is 0 Å². The van der Waals surface area contributed by atoms with Crippen LogP contribution in [0.4, 0.5) is 5.69 Å². The molecule has 0 fully saturated rings. The molecular weight excluding hydrogens is 324 g/mol. The van der Waals surface area contributed by atoms with Crippen LogP contribution in [0.25, 0.3) is 0 Å². The molecule has 0 aromatic heterocycles. The van der Waals surface area contributed by atoms with Gasteiger partial charge in [0.2, 0.25) is 0 Å². The zero-order valence-corrected chi connectivity index (χ0v) is 14.4. The first-order chi connectivity index (χ1) is 10.2. The Bertz CT molecular complexity index is 554. The van der Waals surface area contributed by atoms with Crippen molar-refractivity contribution in [3.8, 4) is 0 Å². The molecule has 0 atom stereocenters. The number of anilines is 1. The Morgan fingerprint density at radius 1 is 1.05 bits per heavy atom. The highest BCUT2D eigenvalue weighted by Crippen LogP contribution is 2.26. The van der Waals surface area contributed by atoms with Crippen molar-refractivity contribution in [2.75, 3.05) is 18.0 Å². The van der Waals surface area contributed by atoms with E-state index >= 15 is 0 Å². The van der Waals surface area contributed by atoms with Crippen LogP contribution in [-0.2, 0) is 13.1 Å². The molecule has 0 spiro atoms. The predicted octanol–water partition coefficient (Wildman–Crippen LogP) is 4.59. The molecule has 0 saturated carbocycles. The first-order valence-electron chi connectivity index (χ1n) is 7.52. The predicted molar refractivity (Wildman–Crippen MR) is 94.7 cm³/mol. The van der Waals surface area contributed by atoms with Gasteiger partial charge in [0.25, 0.3) is 0 Å². The molecule has 0 amide bonds. The maximum Gasteiger partial charge on any atom is 0.0429 e. The van der Waals surface area contributed by atoms with E-state index in [-0.39, 0.29) is 0 Å². The molecular formula is C18H23BrN2. The number of hydrogen-bond acceptors (Lipinski definition) is 2. The van der Waals surface area contributed by atoms with Gasteiger partial charge in [0.05, 0.1) is 0 Å². The molecule has 0 radical (unpaired) electrons. The average molecular weight is 347 g/mol. The maximum absolute atomic E-state index is 3.58. The second-order valence-electron chi connectivity index (χ2n) is 5.05. The molecule has 0 saturated heterocycles. The Morgan fingerprint density at radius 3 is 2.48 bits per heavy atom. The Hall–Kier alpha value is -1.32. The van der Waals surface area contributed by atoms with Crippen molar-refractivity contribution in [1.29, 1.82) is 0 Å². The Labute approximate surface area is 136 Å². The highest BCUT2D eigenvalue weighted by atomic mass is 79.9. The molecule has 0 heterocycles. The largest absolute Gasteiger partial charge is 0.367 e. The van der Waals surface area contributed by atoms with E-state index < -0.39 is 0 Å². The summed E-state index contributed by atoms with van der Waals surface area (Å²) in [6.07, 6.45) is 0. The molecule has 3 heteroatoms. The molecule has 0 aliphatic carbocycles. The molecule has 1 N–H and O–H groups in total. The summed E-state index contributed by atoms with van der Waals surface area (Å²) < 4.78 is 1.13. The van der Waals surface area contributed by atoms with Crippen LogP contribution in [0.2, 0.25) is 0 Å². The third-order valence-corrected chi connectivity index (χ3v) is 4.04. The van der Waals surface area contributed by atoms with Gasteiger partial charge < -0.3 is 10.2 Å². The van der Waals surface area contributed by atoms with E-state index in [1.807, 2.05) is 0 Å². The molecule has 0 bridgehead atoms. The maximum atomic E-state index is 3.58. The van der Waals surface area contributed by atoms with Gasteiger partial charge >= 0.3 is 0 Å². The summed E-state index contributed by atoms with van der Waals surface area (Å²) in [4.78, 5) is 2.43. The number of halogens is 1. The van der Waals surface area contributed by atoms with E-state index in [1.54, 1.807) is 0 Å². The zero-order chi connectivity index (χ0) is 15.1. The van der Waals surface area contributed by atoms with Crippen LogP contribution < -0.4 is 10.2 Å². The molecule has 2 rings (SSSR count). The van der Waals surface area contributed by atoms with Gasteiger partial charge in [0.1, 0.15) is 0 Å². The number of hydrogen-bond donors (Lipinski definition) is 1. The first-order valence-corrected chi connectivity index (χ1v) is 8.32. The van der Waals surface area contributed by atoms with Crippen molar-refractivity contribution in [2.45, 2.75) is 26.9 Å². The van der Waals surface area contributed by atoms with Crippen molar-refractivity contribution in [3.63, 3.8) is 0 Å². The minimum atomic E-state index is 0.899. The van der Waals surface area contributed by atoms with Crippen LogP contribution in [0.1, 0.15) is 25.0 Å². The topological polar surface area (TPSA) is 15.3 Å². The highest BCUT2D eigenvalue weighted by Gasteiger charge is 2.10. The molecule has 112 valence electrons. The van der Waals surface area contributed by atoms with Gasteiger partial charge in [-0.2, -0.15) is 0 Å². The van der Waals surface area contributed by atoms with Crippen LogP contribution in [0.15, 0.2) is 53.0 Å². The summed E-state index contributed by atoms with van der Waals surface area (Å²) in [6.45, 7) is 8.17. The third kappa shape index (κ3) is 4.58. The van der Waals surface area contributed by atoms with Crippen molar-refractivity contribution in [3.05, 3.63) is 64.1 Å². The van der Waals surface area contributed by atoms with E-state index in [9.17, 15) is 0 Å². The Kier molecular flexibility index (Phi) is 6.27. The van der Waals surface area contributed by atoms with Crippen LogP contribution >= 0.6 is 15.9 Å². The fraction of sp³-hybridized carbons (Fsp3) is 0.333. The third-order valence-electron chi connectivity index (χ3n) is 3.55. The lowest BCUT2D eigenvalue weighted by Crippen LogP contribution is -2.24. The van der Waals surface area contributed by atoms with Crippen LogP contribution in [0.3, 0.4) is 0 Å². The lowest BCUT2D eigenvalue weighted by molar-refractivity contribution is 0.718. The van der Waals surface area contributed by atoms with Crippen LogP contribution in [0.5, 0.6) is 0 Å². The summed E-state index contributed by atoms with van der Waals surface area (Å²) >= 11 is 3.58. The molecule has 2 aromatic carbocycles. The van der Waals surface area contributed by atoms with Crippen LogP contribution in [-0.4, -0.2) is 13.1 Å². The van der Waals surface area contributed by atoms with Gasteiger partial charge in [-0.1, -0.05) is 53.2 Å². The summed E-state index contributed by atoms with van der Waals surface area (Å²) in [5, 5.41) is 3.43. The molecule has 0 aliphatic heterocycles. The number of nitrogens with one attached hydrogen (secondary N) is 1. The van der Waals surface area contributed by atoms with Crippen LogP contribution in [0, 0.1) is 0 Å². The number of nitrogens with zero attached hydrogens (tertiary/aromatic N) is 1. The van der Waals surface area contributed by atoms with E-state index in [0.29, 0.717) is 0 Å². The fourth-order valence-electron chi connectivity index (χ4n) is 2.43. The van der Waals surface area contributed by atoms with E-state index in [4.69, 9.17) is 0 Å². The highest BCUT2D eigenvalue weighted by molar-refractivity contribution is 9.10. The second kappa shape index (κ2) is 8.20. The van der Waals surface area contributed by atoms with E-state index in [1.165, 1.54) is 16.8 Å². The summed E-state index contributed by atoms with van der Waals surface area (Å²) in [5.74, 6) is 0. The van der Waals surface area contributed by atoms with Gasteiger partial charge in [0, 0.05) is 29.8 Å². The minimum Gasteiger partial charge on any atom is -0.367 e. The SMILES string of the molecule is CCNCc1cc(Br)ccc1N(CC)Cc1ccccc1. The van der Waals surface area contributed by atoms with Crippen molar-refractivity contribution in [2.24, 2.45) is 0 Å². The number of rotatable bonds is 7. The summed E-state index contributed by atoms with van der Waals surface area (Å²) in [5.41, 5.74) is 3.99. The first kappa shape index (κ1) is 16.1. The lowest BCUT2D eigenvalue weighted by atomic mass is 10.1. The standard InChI is InChI=1S/C18H23BrN2/c1-3-20-13-16-12-17(19)10-11-18(16)21(4-2)14-15-8-6-5-7-9-15/h5-12,20H,3-4,13-14H2,1-2H3.